The molecule has 7 nitrogen and oxygen atoms in total. The molecule has 1 aromatic carbocycles. The van der Waals surface area contributed by atoms with Gasteiger partial charge in [0.05, 0.1) is 7.11 Å². The van der Waals surface area contributed by atoms with Crippen molar-refractivity contribution >= 4 is 11.9 Å². The van der Waals surface area contributed by atoms with Crippen LogP contribution in [0.5, 0.6) is 5.75 Å². The fourth-order valence-corrected chi connectivity index (χ4v) is 2.11. The number of hydrogen-bond donors (Lipinski definition) is 1. The molecule has 2 aromatic rings. The van der Waals surface area contributed by atoms with Crippen LogP contribution < -0.4 is 15.6 Å². The van der Waals surface area contributed by atoms with Gasteiger partial charge < -0.3 is 19.4 Å². The Hall–Kier alpha value is -3.09. The summed E-state index contributed by atoms with van der Waals surface area (Å²) in [4.78, 5) is 34.8. The minimum Gasteiger partial charge on any atom is -0.497 e. The molecule has 0 radical (unpaired) electrons. The van der Waals surface area contributed by atoms with E-state index in [0.29, 0.717) is 13.0 Å². The average Bonchev–Trinajstić information content (AvgIpc) is 2.62. The van der Waals surface area contributed by atoms with Crippen LogP contribution >= 0.6 is 0 Å². The zero-order valence-electron chi connectivity index (χ0n) is 13.9. The number of carbonyl (C=O) groups is 2. The molecule has 1 N–H and O–H groups in total. The van der Waals surface area contributed by atoms with Gasteiger partial charge in [0.15, 0.2) is 6.61 Å². The molecule has 0 aliphatic heterocycles. The van der Waals surface area contributed by atoms with E-state index in [9.17, 15) is 14.4 Å². The molecule has 0 aliphatic rings. The highest BCUT2D eigenvalue weighted by molar-refractivity contribution is 5.80. The number of nitrogens with zero attached hydrogens (tertiary/aromatic N) is 1. The molecule has 1 amide bonds. The summed E-state index contributed by atoms with van der Waals surface area (Å²) in [5, 5.41) is 2.67. The number of aromatic nitrogens is 1. The lowest BCUT2D eigenvalue weighted by atomic mass is 10.1. The first-order chi connectivity index (χ1) is 12.1. The second-order valence-corrected chi connectivity index (χ2v) is 5.28. The monoisotopic (exact) mass is 344 g/mol. The van der Waals surface area contributed by atoms with E-state index in [1.54, 1.807) is 19.2 Å². The molecule has 132 valence electrons. The second-order valence-electron chi connectivity index (χ2n) is 5.28. The van der Waals surface area contributed by atoms with E-state index < -0.39 is 5.97 Å². The molecule has 7 heteroatoms. The summed E-state index contributed by atoms with van der Waals surface area (Å²) in [6.07, 6.45) is 2.14. The van der Waals surface area contributed by atoms with E-state index in [1.165, 1.54) is 16.8 Å². The molecule has 2 rings (SSSR count). The average molecular weight is 344 g/mol. The Kier molecular flexibility index (Phi) is 6.76. The first kappa shape index (κ1) is 18.3. The lowest BCUT2D eigenvalue weighted by molar-refractivity contribution is -0.149. The number of esters is 1. The summed E-state index contributed by atoms with van der Waals surface area (Å²) in [6.45, 7) is -0.164. The van der Waals surface area contributed by atoms with Crippen LogP contribution in [0.1, 0.15) is 5.56 Å². The van der Waals surface area contributed by atoms with Gasteiger partial charge >= 0.3 is 5.97 Å². The predicted molar refractivity (Wildman–Crippen MR) is 91.4 cm³/mol. The molecule has 0 saturated heterocycles. The zero-order valence-corrected chi connectivity index (χ0v) is 13.9. The van der Waals surface area contributed by atoms with E-state index in [0.717, 1.165) is 11.3 Å². The van der Waals surface area contributed by atoms with Crippen molar-refractivity contribution in [2.24, 2.45) is 0 Å². The minimum absolute atomic E-state index is 0.223. The normalized spacial score (nSPS) is 10.1. The summed E-state index contributed by atoms with van der Waals surface area (Å²) >= 11 is 0. The first-order valence-electron chi connectivity index (χ1n) is 7.79. The summed E-state index contributed by atoms with van der Waals surface area (Å²) in [7, 11) is 1.60. The molecule has 1 aromatic heterocycles. The number of carbonyl (C=O) groups excluding carboxylic acids is 2. The van der Waals surface area contributed by atoms with E-state index in [4.69, 9.17) is 9.47 Å². The molecular formula is C18H20N2O5. The SMILES string of the molecule is COc1ccc(CCNC(=O)COC(=O)Cn2ccccc2=O)cc1. The van der Waals surface area contributed by atoms with Crippen molar-refractivity contribution in [2.45, 2.75) is 13.0 Å². The maximum atomic E-state index is 11.7. The number of methoxy groups -OCH3 is 1. The van der Waals surface area contributed by atoms with E-state index in [2.05, 4.69) is 5.32 Å². The molecule has 0 aliphatic carbocycles. The summed E-state index contributed by atoms with van der Waals surface area (Å²) in [5.74, 6) is -0.252. The predicted octanol–water partition coefficient (Wildman–Crippen LogP) is 0.759. The van der Waals surface area contributed by atoms with Crippen LogP contribution in [0, 0.1) is 0 Å². The van der Waals surface area contributed by atoms with Gasteiger partial charge in [0.1, 0.15) is 12.3 Å². The molecule has 0 spiro atoms. The van der Waals surface area contributed by atoms with Crippen LogP contribution in [0.3, 0.4) is 0 Å². The number of rotatable bonds is 8. The van der Waals surface area contributed by atoms with Crippen molar-refractivity contribution < 1.29 is 19.1 Å². The van der Waals surface area contributed by atoms with E-state index in [-0.39, 0.29) is 24.6 Å². The van der Waals surface area contributed by atoms with Crippen molar-refractivity contribution in [3.8, 4) is 5.75 Å². The Labute approximate surface area is 145 Å². The number of nitrogens with one attached hydrogen (secondary N) is 1. The minimum atomic E-state index is -0.640. The molecule has 1 heterocycles. The van der Waals surface area contributed by atoms with Crippen molar-refractivity contribution in [3.63, 3.8) is 0 Å². The van der Waals surface area contributed by atoms with Gasteiger partial charge in [-0.05, 0) is 30.2 Å². The first-order valence-corrected chi connectivity index (χ1v) is 7.79. The summed E-state index contributed by atoms with van der Waals surface area (Å²) in [5.41, 5.74) is 0.755. The topological polar surface area (TPSA) is 86.6 Å². The van der Waals surface area contributed by atoms with Crippen LogP contribution in [0.2, 0.25) is 0 Å². The Bertz CT molecular complexity index is 768. The Morgan fingerprint density at radius 3 is 2.56 bits per heavy atom. The standard InChI is InChI=1S/C18H20N2O5/c1-24-15-7-5-14(6-8-15)9-10-19-16(21)13-25-18(23)12-20-11-3-2-4-17(20)22/h2-8,11H,9-10,12-13H2,1H3,(H,19,21). The zero-order chi connectivity index (χ0) is 18.1. The second kappa shape index (κ2) is 9.27. The molecule has 0 saturated carbocycles. The summed E-state index contributed by atoms with van der Waals surface area (Å²) in [6, 6.07) is 12.1. The highest BCUT2D eigenvalue weighted by Gasteiger charge is 2.08. The molecule has 0 atom stereocenters. The van der Waals surface area contributed by atoms with Crippen LogP contribution in [-0.4, -0.2) is 36.7 Å². The highest BCUT2D eigenvalue weighted by Crippen LogP contribution is 2.11. The van der Waals surface area contributed by atoms with E-state index in [1.807, 2.05) is 24.3 Å². The van der Waals surface area contributed by atoms with Crippen molar-refractivity contribution in [3.05, 3.63) is 64.6 Å². The Morgan fingerprint density at radius 1 is 1.12 bits per heavy atom. The van der Waals surface area contributed by atoms with Crippen LogP contribution in [0.25, 0.3) is 0 Å². The maximum Gasteiger partial charge on any atom is 0.326 e. The molecular weight excluding hydrogens is 324 g/mol. The number of amides is 1. The Balaban J connectivity index is 1.67. The third-order valence-electron chi connectivity index (χ3n) is 3.46. The van der Waals surface area contributed by atoms with Crippen LogP contribution in [0.4, 0.5) is 0 Å². The molecule has 0 unspecified atom stereocenters. The maximum absolute atomic E-state index is 11.7. The van der Waals surface area contributed by atoms with Gasteiger partial charge in [0.2, 0.25) is 0 Å². The quantitative estimate of drug-likeness (QED) is 0.715. The fraction of sp³-hybridized carbons (Fsp3) is 0.278. The van der Waals surface area contributed by atoms with Crippen molar-refractivity contribution in [1.82, 2.24) is 9.88 Å². The van der Waals surface area contributed by atoms with Crippen LogP contribution in [-0.2, 0) is 27.3 Å². The van der Waals surface area contributed by atoms with Gasteiger partial charge in [0.25, 0.3) is 11.5 Å². The lowest BCUT2D eigenvalue weighted by Gasteiger charge is -2.08. The number of benzene rings is 1. The number of hydrogen-bond acceptors (Lipinski definition) is 5. The van der Waals surface area contributed by atoms with Gasteiger partial charge in [-0.25, -0.2) is 0 Å². The number of ether oxygens (including phenoxy) is 2. The van der Waals surface area contributed by atoms with Crippen molar-refractivity contribution in [1.29, 1.82) is 0 Å². The highest BCUT2D eigenvalue weighted by atomic mass is 16.5. The van der Waals surface area contributed by atoms with Gasteiger partial charge in [-0.3, -0.25) is 14.4 Å². The van der Waals surface area contributed by atoms with E-state index >= 15 is 0 Å². The van der Waals surface area contributed by atoms with Gasteiger partial charge in [-0.2, -0.15) is 0 Å². The lowest BCUT2D eigenvalue weighted by Crippen LogP contribution is -2.32. The third-order valence-corrected chi connectivity index (χ3v) is 3.46. The third kappa shape index (κ3) is 6.14. The van der Waals surface area contributed by atoms with Crippen molar-refractivity contribution in [2.75, 3.05) is 20.3 Å². The smallest absolute Gasteiger partial charge is 0.326 e. The molecule has 0 bridgehead atoms. The Morgan fingerprint density at radius 2 is 1.88 bits per heavy atom. The fourth-order valence-electron chi connectivity index (χ4n) is 2.11. The van der Waals surface area contributed by atoms with Gasteiger partial charge in [-0.1, -0.05) is 18.2 Å². The largest absolute Gasteiger partial charge is 0.497 e. The molecule has 25 heavy (non-hydrogen) atoms. The number of pyridine rings is 1. The summed E-state index contributed by atoms with van der Waals surface area (Å²) < 4.78 is 11.2. The van der Waals surface area contributed by atoms with Gasteiger partial charge in [-0.15, -0.1) is 0 Å². The molecule has 0 fully saturated rings. The van der Waals surface area contributed by atoms with Crippen LogP contribution in [0.15, 0.2) is 53.5 Å². The van der Waals surface area contributed by atoms with Gasteiger partial charge in [0, 0.05) is 18.8 Å².